The van der Waals surface area contributed by atoms with Crippen molar-refractivity contribution in [2.45, 2.75) is 26.3 Å². The van der Waals surface area contributed by atoms with Crippen LogP contribution < -0.4 is 5.73 Å². The minimum atomic E-state index is -0.377. The van der Waals surface area contributed by atoms with E-state index in [2.05, 4.69) is 25.1 Å². The van der Waals surface area contributed by atoms with Gasteiger partial charge in [0, 0.05) is 24.5 Å². The van der Waals surface area contributed by atoms with Crippen LogP contribution >= 0.6 is 0 Å². The monoisotopic (exact) mass is 284 g/mol. The molecule has 0 aliphatic carbocycles. The highest BCUT2D eigenvalue weighted by Gasteiger charge is 2.18. The Morgan fingerprint density at radius 1 is 1.33 bits per heavy atom. The van der Waals surface area contributed by atoms with E-state index in [0.29, 0.717) is 23.8 Å². The first kappa shape index (κ1) is 13.4. The second-order valence-corrected chi connectivity index (χ2v) is 5.02. The van der Waals surface area contributed by atoms with Crippen LogP contribution in [0.3, 0.4) is 0 Å². The first-order chi connectivity index (χ1) is 10.1. The van der Waals surface area contributed by atoms with Crippen LogP contribution in [0.5, 0.6) is 0 Å². The van der Waals surface area contributed by atoms with E-state index in [1.165, 1.54) is 0 Å². The van der Waals surface area contributed by atoms with Crippen molar-refractivity contribution < 1.29 is 4.52 Å². The summed E-state index contributed by atoms with van der Waals surface area (Å²) in [7, 11) is 0. The maximum Gasteiger partial charge on any atom is 0.244 e. The molecular weight excluding hydrogens is 268 g/mol. The third-order valence-corrected chi connectivity index (χ3v) is 3.18. The third kappa shape index (κ3) is 2.82. The second kappa shape index (κ2) is 5.45. The fraction of sp³-hybridized carbons (Fsp3) is 0.286. The maximum absolute atomic E-state index is 6.08. The lowest BCUT2D eigenvalue weighted by atomic mass is 10.1. The fourth-order valence-corrected chi connectivity index (χ4v) is 2.15. The Labute approximate surface area is 121 Å². The summed E-state index contributed by atoms with van der Waals surface area (Å²) in [6, 6.07) is 1.65. The molecule has 3 aromatic rings. The number of nitrogens with zero attached hydrogens (tertiary/aromatic N) is 4. The first-order valence-electron chi connectivity index (χ1n) is 6.63. The van der Waals surface area contributed by atoms with Gasteiger partial charge in [-0.2, -0.15) is 4.98 Å². The van der Waals surface area contributed by atoms with Crippen LogP contribution in [0.25, 0.3) is 11.5 Å². The van der Waals surface area contributed by atoms with Crippen molar-refractivity contribution in [2.75, 3.05) is 0 Å². The highest BCUT2D eigenvalue weighted by molar-refractivity contribution is 5.54. The molecule has 0 saturated carbocycles. The van der Waals surface area contributed by atoms with Gasteiger partial charge in [-0.25, -0.2) is 4.98 Å². The summed E-state index contributed by atoms with van der Waals surface area (Å²) < 4.78 is 5.25. The molecule has 0 bridgehead atoms. The molecule has 1 atom stereocenters. The Hall–Kier alpha value is -2.54. The molecular formula is C14H16N6O. The number of aromatic nitrogens is 5. The van der Waals surface area contributed by atoms with Gasteiger partial charge in [0.15, 0.2) is 0 Å². The van der Waals surface area contributed by atoms with E-state index in [9.17, 15) is 0 Å². The highest BCUT2D eigenvalue weighted by Crippen LogP contribution is 2.21. The molecule has 7 nitrogen and oxygen atoms in total. The smallest absolute Gasteiger partial charge is 0.244 e. The molecule has 108 valence electrons. The molecule has 3 rings (SSSR count). The van der Waals surface area contributed by atoms with Gasteiger partial charge in [0.25, 0.3) is 0 Å². The number of rotatable bonds is 4. The average molecular weight is 284 g/mol. The van der Waals surface area contributed by atoms with Gasteiger partial charge in [-0.15, -0.1) is 0 Å². The summed E-state index contributed by atoms with van der Waals surface area (Å²) in [5.74, 6) is 0.851. The molecule has 3 aromatic heterocycles. The molecule has 0 radical (unpaired) electrons. The van der Waals surface area contributed by atoms with E-state index in [1.54, 1.807) is 18.7 Å². The minimum Gasteiger partial charge on any atom is -0.348 e. The molecule has 0 fully saturated rings. The number of aromatic amines is 1. The first-order valence-corrected chi connectivity index (χ1v) is 6.63. The largest absolute Gasteiger partial charge is 0.348 e. The van der Waals surface area contributed by atoms with Crippen LogP contribution in [0.15, 0.2) is 29.3 Å². The molecule has 3 heterocycles. The van der Waals surface area contributed by atoms with Gasteiger partial charge in [0.1, 0.15) is 5.69 Å². The van der Waals surface area contributed by atoms with Crippen molar-refractivity contribution in [2.24, 2.45) is 5.73 Å². The second-order valence-electron chi connectivity index (χ2n) is 5.02. The van der Waals surface area contributed by atoms with Crippen molar-refractivity contribution in [3.05, 3.63) is 47.5 Å². The van der Waals surface area contributed by atoms with E-state index >= 15 is 0 Å². The number of imidazole rings is 1. The van der Waals surface area contributed by atoms with Crippen molar-refractivity contribution in [1.29, 1.82) is 0 Å². The number of aryl methyl sites for hydroxylation is 2. The molecule has 0 saturated heterocycles. The van der Waals surface area contributed by atoms with E-state index in [1.807, 2.05) is 19.9 Å². The Morgan fingerprint density at radius 2 is 2.19 bits per heavy atom. The zero-order valence-electron chi connectivity index (χ0n) is 11.9. The van der Waals surface area contributed by atoms with Crippen LogP contribution in [0.2, 0.25) is 0 Å². The van der Waals surface area contributed by atoms with Crippen molar-refractivity contribution in [3.8, 4) is 11.5 Å². The summed E-state index contributed by atoms with van der Waals surface area (Å²) in [5.41, 5.74) is 9.81. The molecule has 0 aliphatic rings. The fourth-order valence-electron chi connectivity index (χ4n) is 2.15. The summed E-state index contributed by atoms with van der Waals surface area (Å²) in [5, 5.41) is 3.97. The number of nitrogens with one attached hydrogen (secondary N) is 1. The van der Waals surface area contributed by atoms with Crippen LogP contribution in [0, 0.1) is 13.8 Å². The van der Waals surface area contributed by atoms with Gasteiger partial charge in [-0.3, -0.25) is 4.98 Å². The molecule has 21 heavy (non-hydrogen) atoms. The zero-order chi connectivity index (χ0) is 14.8. The average Bonchev–Trinajstić information content (AvgIpc) is 3.09. The summed E-state index contributed by atoms with van der Waals surface area (Å²) in [4.78, 5) is 15.7. The van der Waals surface area contributed by atoms with Crippen LogP contribution in [0.1, 0.15) is 28.8 Å². The van der Waals surface area contributed by atoms with E-state index in [-0.39, 0.29) is 6.04 Å². The summed E-state index contributed by atoms with van der Waals surface area (Å²) in [6.45, 7) is 3.96. The molecule has 1 unspecified atom stereocenters. The summed E-state index contributed by atoms with van der Waals surface area (Å²) >= 11 is 0. The van der Waals surface area contributed by atoms with Gasteiger partial charge in [0.05, 0.1) is 12.4 Å². The van der Waals surface area contributed by atoms with Crippen LogP contribution in [0.4, 0.5) is 0 Å². The Kier molecular flexibility index (Phi) is 3.49. The molecule has 0 aliphatic heterocycles. The van der Waals surface area contributed by atoms with Gasteiger partial charge in [-0.1, -0.05) is 11.2 Å². The number of nitrogens with two attached hydrogens (primary N) is 1. The van der Waals surface area contributed by atoms with Gasteiger partial charge < -0.3 is 15.2 Å². The normalized spacial score (nSPS) is 12.5. The Balaban J connectivity index is 1.82. The predicted octanol–water partition coefficient (Wildman–Crippen LogP) is 1.71. The number of pyridine rings is 1. The Bertz CT molecular complexity index is 734. The van der Waals surface area contributed by atoms with E-state index < -0.39 is 0 Å². The molecule has 0 aromatic carbocycles. The quantitative estimate of drug-likeness (QED) is 0.755. The van der Waals surface area contributed by atoms with Gasteiger partial charge in [-0.05, 0) is 25.0 Å². The summed E-state index contributed by atoms with van der Waals surface area (Å²) in [6.07, 6.45) is 5.68. The Morgan fingerprint density at radius 3 is 2.90 bits per heavy atom. The lowest BCUT2D eigenvalue weighted by Gasteiger charge is -2.03. The number of H-pyrrole nitrogens is 1. The topological polar surface area (TPSA) is 107 Å². The zero-order valence-corrected chi connectivity index (χ0v) is 11.9. The number of hydrogen-bond acceptors (Lipinski definition) is 6. The number of hydrogen-bond donors (Lipinski definition) is 2. The molecule has 0 amide bonds. The van der Waals surface area contributed by atoms with E-state index in [4.69, 9.17) is 10.3 Å². The van der Waals surface area contributed by atoms with Crippen molar-refractivity contribution in [1.82, 2.24) is 25.1 Å². The van der Waals surface area contributed by atoms with Crippen molar-refractivity contribution >= 4 is 0 Å². The van der Waals surface area contributed by atoms with Gasteiger partial charge in [0.2, 0.25) is 11.7 Å². The lowest BCUT2D eigenvalue weighted by molar-refractivity contribution is 0.353. The molecule has 7 heteroatoms. The van der Waals surface area contributed by atoms with E-state index in [0.717, 1.165) is 16.8 Å². The minimum absolute atomic E-state index is 0.377. The lowest BCUT2D eigenvalue weighted by Crippen LogP contribution is -2.14. The third-order valence-electron chi connectivity index (χ3n) is 3.18. The highest BCUT2D eigenvalue weighted by atomic mass is 16.5. The molecule has 0 spiro atoms. The SMILES string of the molecule is Cc1cnc(-c2noc(C(N)Cc3cnc[nH]3)n2)c(C)c1. The maximum atomic E-state index is 6.08. The van der Waals surface area contributed by atoms with Gasteiger partial charge >= 0.3 is 0 Å². The van der Waals surface area contributed by atoms with Crippen LogP contribution in [-0.4, -0.2) is 25.1 Å². The van der Waals surface area contributed by atoms with Crippen LogP contribution in [-0.2, 0) is 6.42 Å². The molecule has 3 N–H and O–H groups in total. The van der Waals surface area contributed by atoms with Crippen molar-refractivity contribution in [3.63, 3.8) is 0 Å². The predicted molar refractivity (Wildman–Crippen MR) is 76.2 cm³/mol. The standard InChI is InChI=1S/C14H16N6O/c1-8-3-9(2)12(17-5-8)13-19-14(21-20-13)11(15)4-10-6-16-7-18-10/h3,5-7,11H,4,15H2,1-2H3,(H,16,18).